The fourth-order valence-electron chi connectivity index (χ4n) is 3.14. The van der Waals surface area contributed by atoms with E-state index < -0.39 is 0 Å². The SMILES string of the molecule is CCNCCN1CCC(n2ccc(/C=C(\C)F)c2C)CC1. The number of hydrogen-bond donors (Lipinski definition) is 1. The highest BCUT2D eigenvalue weighted by Crippen LogP contribution is 2.26. The molecule has 3 nitrogen and oxygen atoms in total. The Labute approximate surface area is 127 Å². The summed E-state index contributed by atoms with van der Waals surface area (Å²) in [6.07, 6.45) is 6.10. The van der Waals surface area contributed by atoms with Crippen molar-refractivity contribution < 1.29 is 4.39 Å². The van der Waals surface area contributed by atoms with E-state index in [1.165, 1.54) is 25.5 Å². The molecule has 0 bridgehead atoms. The first-order chi connectivity index (χ1) is 10.1. The molecule has 118 valence electrons. The largest absolute Gasteiger partial charge is 0.348 e. The van der Waals surface area contributed by atoms with Crippen LogP contribution in [0.2, 0.25) is 0 Å². The van der Waals surface area contributed by atoms with Gasteiger partial charge in [0, 0.05) is 44.1 Å². The predicted molar refractivity (Wildman–Crippen MR) is 87.2 cm³/mol. The number of piperidine rings is 1. The maximum atomic E-state index is 13.1. The van der Waals surface area contributed by atoms with E-state index in [0.717, 1.165) is 38.3 Å². The van der Waals surface area contributed by atoms with Crippen molar-refractivity contribution in [2.24, 2.45) is 0 Å². The molecule has 1 aliphatic heterocycles. The molecule has 1 aliphatic rings. The lowest BCUT2D eigenvalue weighted by Gasteiger charge is -2.33. The van der Waals surface area contributed by atoms with Crippen LogP contribution in [-0.4, -0.2) is 42.2 Å². The van der Waals surface area contributed by atoms with Crippen molar-refractivity contribution in [2.45, 2.75) is 39.7 Å². The highest BCUT2D eigenvalue weighted by Gasteiger charge is 2.21. The molecule has 1 N–H and O–H groups in total. The van der Waals surface area contributed by atoms with Crippen molar-refractivity contribution in [2.75, 3.05) is 32.7 Å². The van der Waals surface area contributed by atoms with Crippen molar-refractivity contribution in [3.63, 3.8) is 0 Å². The highest BCUT2D eigenvalue weighted by atomic mass is 19.1. The number of nitrogens with one attached hydrogen (secondary N) is 1. The van der Waals surface area contributed by atoms with Crippen LogP contribution in [0.4, 0.5) is 4.39 Å². The van der Waals surface area contributed by atoms with Crippen molar-refractivity contribution in [1.82, 2.24) is 14.8 Å². The monoisotopic (exact) mass is 293 g/mol. The summed E-state index contributed by atoms with van der Waals surface area (Å²) in [7, 11) is 0. The minimum atomic E-state index is -0.130. The molecular weight excluding hydrogens is 265 g/mol. The summed E-state index contributed by atoms with van der Waals surface area (Å²) in [5.41, 5.74) is 2.18. The van der Waals surface area contributed by atoms with E-state index >= 15 is 0 Å². The molecular formula is C17H28FN3. The van der Waals surface area contributed by atoms with E-state index in [1.54, 1.807) is 6.08 Å². The van der Waals surface area contributed by atoms with Gasteiger partial charge in [0.1, 0.15) is 0 Å². The third kappa shape index (κ3) is 4.42. The second-order valence-electron chi connectivity index (χ2n) is 5.92. The molecule has 0 spiro atoms. The lowest BCUT2D eigenvalue weighted by atomic mass is 10.0. The quantitative estimate of drug-likeness (QED) is 0.812. The van der Waals surface area contributed by atoms with E-state index in [-0.39, 0.29) is 5.83 Å². The van der Waals surface area contributed by atoms with Gasteiger partial charge in [0.15, 0.2) is 0 Å². The van der Waals surface area contributed by atoms with Gasteiger partial charge in [-0.2, -0.15) is 0 Å². The summed E-state index contributed by atoms with van der Waals surface area (Å²) < 4.78 is 15.4. The third-order valence-electron chi connectivity index (χ3n) is 4.38. The molecule has 21 heavy (non-hydrogen) atoms. The number of likely N-dealkylation sites (N-methyl/N-ethyl adjacent to an activating group) is 1. The number of rotatable bonds is 6. The minimum absolute atomic E-state index is 0.130. The van der Waals surface area contributed by atoms with Gasteiger partial charge >= 0.3 is 0 Å². The first kappa shape index (κ1) is 16.2. The van der Waals surface area contributed by atoms with Crippen molar-refractivity contribution in [3.05, 3.63) is 29.3 Å². The molecule has 1 saturated heterocycles. The Balaban J connectivity index is 1.90. The fraction of sp³-hybridized carbons (Fsp3) is 0.647. The number of halogens is 1. The summed E-state index contributed by atoms with van der Waals surface area (Å²) in [6, 6.07) is 2.58. The summed E-state index contributed by atoms with van der Waals surface area (Å²) in [4.78, 5) is 2.53. The molecule has 0 saturated carbocycles. The normalized spacial score (nSPS) is 18.4. The molecule has 0 radical (unpaired) electrons. The topological polar surface area (TPSA) is 20.2 Å². The van der Waals surface area contributed by atoms with Crippen molar-refractivity contribution >= 4 is 6.08 Å². The highest BCUT2D eigenvalue weighted by molar-refractivity contribution is 5.53. The Morgan fingerprint density at radius 2 is 2.14 bits per heavy atom. The lowest BCUT2D eigenvalue weighted by Crippen LogP contribution is -2.38. The lowest BCUT2D eigenvalue weighted by molar-refractivity contribution is 0.186. The molecule has 0 unspecified atom stereocenters. The van der Waals surface area contributed by atoms with Crippen LogP contribution in [0.15, 0.2) is 18.1 Å². The number of allylic oxidation sites excluding steroid dienone is 1. The predicted octanol–water partition coefficient (Wildman–Crippen LogP) is 3.37. The van der Waals surface area contributed by atoms with Gasteiger partial charge in [0.05, 0.1) is 5.83 Å². The van der Waals surface area contributed by atoms with Crippen molar-refractivity contribution in [1.29, 1.82) is 0 Å². The van der Waals surface area contributed by atoms with E-state index in [9.17, 15) is 4.39 Å². The maximum absolute atomic E-state index is 13.1. The summed E-state index contributed by atoms with van der Waals surface area (Å²) >= 11 is 0. The molecule has 1 aromatic rings. The zero-order valence-corrected chi connectivity index (χ0v) is 13.5. The molecule has 0 aliphatic carbocycles. The van der Waals surface area contributed by atoms with Crippen LogP contribution in [0, 0.1) is 6.92 Å². The average Bonchev–Trinajstić information content (AvgIpc) is 2.81. The van der Waals surface area contributed by atoms with E-state index in [0.29, 0.717) is 6.04 Å². The molecule has 2 rings (SSSR count). The van der Waals surface area contributed by atoms with Crippen LogP contribution in [0.1, 0.15) is 44.0 Å². The smallest absolute Gasteiger partial charge is 0.0975 e. The Morgan fingerprint density at radius 3 is 2.76 bits per heavy atom. The zero-order valence-electron chi connectivity index (χ0n) is 13.5. The second-order valence-corrected chi connectivity index (χ2v) is 5.92. The number of nitrogens with zero attached hydrogens (tertiary/aromatic N) is 2. The van der Waals surface area contributed by atoms with E-state index in [4.69, 9.17) is 0 Å². The fourth-order valence-corrected chi connectivity index (χ4v) is 3.14. The van der Waals surface area contributed by atoms with Crippen LogP contribution in [0.25, 0.3) is 6.08 Å². The molecule has 0 aromatic carbocycles. The van der Waals surface area contributed by atoms with Gasteiger partial charge in [0.2, 0.25) is 0 Å². The second kappa shape index (κ2) is 7.76. The van der Waals surface area contributed by atoms with Crippen LogP contribution < -0.4 is 5.32 Å². The van der Waals surface area contributed by atoms with E-state index in [1.807, 2.05) is 6.07 Å². The Kier molecular flexibility index (Phi) is 6.00. The molecule has 0 amide bonds. The Bertz CT molecular complexity index is 466. The van der Waals surface area contributed by atoms with Gasteiger partial charge in [-0.3, -0.25) is 0 Å². The van der Waals surface area contributed by atoms with Gasteiger partial charge in [-0.25, -0.2) is 4.39 Å². The minimum Gasteiger partial charge on any atom is -0.348 e. The number of likely N-dealkylation sites (tertiary alicyclic amines) is 1. The van der Waals surface area contributed by atoms with Gasteiger partial charge in [-0.1, -0.05) is 6.92 Å². The molecule has 2 heterocycles. The number of hydrogen-bond acceptors (Lipinski definition) is 2. The molecule has 1 aromatic heterocycles. The standard InChI is InChI=1S/C17H28FN3/c1-4-19-8-12-20-9-6-17(7-10-20)21-11-5-16(15(21)3)13-14(2)18/h5,11,13,17,19H,4,6-10,12H2,1-3H3/b14-13+. The first-order valence-corrected chi connectivity index (χ1v) is 8.06. The maximum Gasteiger partial charge on any atom is 0.0975 e. The van der Waals surface area contributed by atoms with Crippen LogP contribution in [0.3, 0.4) is 0 Å². The average molecular weight is 293 g/mol. The van der Waals surface area contributed by atoms with Gasteiger partial charge < -0.3 is 14.8 Å². The molecule has 1 fully saturated rings. The summed E-state index contributed by atoms with van der Waals surface area (Å²) in [5, 5.41) is 3.38. The van der Waals surface area contributed by atoms with E-state index in [2.05, 4.69) is 34.8 Å². The zero-order chi connectivity index (χ0) is 15.2. The van der Waals surface area contributed by atoms with Gasteiger partial charge in [-0.15, -0.1) is 0 Å². The van der Waals surface area contributed by atoms with Crippen LogP contribution >= 0.6 is 0 Å². The van der Waals surface area contributed by atoms with Crippen LogP contribution in [0.5, 0.6) is 0 Å². The van der Waals surface area contributed by atoms with Crippen molar-refractivity contribution in [3.8, 4) is 0 Å². The third-order valence-corrected chi connectivity index (χ3v) is 4.38. The summed E-state index contributed by atoms with van der Waals surface area (Å²) in [5.74, 6) is -0.130. The van der Waals surface area contributed by atoms with Crippen LogP contribution in [-0.2, 0) is 0 Å². The molecule has 4 heteroatoms. The Hall–Kier alpha value is -1.13. The van der Waals surface area contributed by atoms with Gasteiger partial charge in [0.25, 0.3) is 0 Å². The molecule has 0 atom stereocenters. The van der Waals surface area contributed by atoms with Gasteiger partial charge in [-0.05, 0) is 50.9 Å². The summed E-state index contributed by atoms with van der Waals surface area (Å²) in [6.45, 7) is 11.3. The first-order valence-electron chi connectivity index (χ1n) is 8.06. The Morgan fingerprint density at radius 1 is 1.43 bits per heavy atom. The number of aromatic nitrogens is 1.